The molecule has 2 aromatic rings. The molecular formula is C17H20N2O2. The van der Waals surface area contributed by atoms with Crippen LogP contribution in [0.1, 0.15) is 17.2 Å². The third-order valence-corrected chi connectivity index (χ3v) is 3.48. The first kappa shape index (κ1) is 15.1. The number of para-hydroxylation sites is 2. The van der Waals surface area contributed by atoms with Crippen LogP contribution in [0.2, 0.25) is 0 Å². The van der Waals surface area contributed by atoms with Crippen molar-refractivity contribution in [1.82, 2.24) is 0 Å². The Morgan fingerprint density at radius 1 is 1.14 bits per heavy atom. The molecule has 0 aliphatic heterocycles. The second kappa shape index (κ2) is 6.41. The number of nitrogens with zero attached hydrogens (tertiary/aromatic N) is 1. The van der Waals surface area contributed by atoms with Gasteiger partial charge in [-0.15, -0.1) is 0 Å². The maximum Gasteiger partial charge on any atom is 0.248 e. The molecule has 0 fully saturated rings. The fourth-order valence-corrected chi connectivity index (χ4v) is 2.15. The Bertz CT molecular complexity index is 623. The highest BCUT2D eigenvalue weighted by atomic mass is 16.5. The highest BCUT2D eigenvalue weighted by Crippen LogP contribution is 2.28. The van der Waals surface area contributed by atoms with E-state index in [2.05, 4.69) is 0 Å². The van der Waals surface area contributed by atoms with E-state index in [1.807, 2.05) is 55.5 Å². The minimum Gasteiger partial charge on any atom is -0.495 e. The number of nitrogens with two attached hydrogens (primary N) is 1. The van der Waals surface area contributed by atoms with E-state index in [1.54, 1.807) is 14.2 Å². The summed E-state index contributed by atoms with van der Waals surface area (Å²) in [6.45, 7) is 2.00. The van der Waals surface area contributed by atoms with Crippen molar-refractivity contribution >= 4 is 11.6 Å². The first-order valence-corrected chi connectivity index (χ1v) is 6.77. The molecule has 0 aliphatic rings. The number of aryl methyl sites for hydroxylation is 1. The van der Waals surface area contributed by atoms with Crippen molar-refractivity contribution in [1.29, 1.82) is 0 Å². The lowest BCUT2D eigenvalue weighted by Gasteiger charge is -2.23. The fourth-order valence-electron chi connectivity index (χ4n) is 2.15. The van der Waals surface area contributed by atoms with Gasteiger partial charge >= 0.3 is 0 Å². The molecule has 1 amide bonds. The SMILES string of the molecule is COc1ccccc1N(C)C(=O)C(N)c1ccc(C)cc1. The Hall–Kier alpha value is -2.33. The van der Waals surface area contributed by atoms with Gasteiger partial charge in [-0.2, -0.15) is 0 Å². The quantitative estimate of drug-likeness (QED) is 0.939. The summed E-state index contributed by atoms with van der Waals surface area (Å²) in [5, 5.41) is 0. The summed E-state index contributed by atoms with van der Waals surface area (Å²) in [5.74, 6) is 0.466. The standard InChI is InChI=1S/C17H20N2O2/c1-12-8-10-13(11-9-12)16(18)17(20)19(2)14-6-4-5-7-15(14)21-3/h4-11,16H,18H2,1-3H3. The van der Waals surface area contributed by atoms with Gasteiger partial charge in [0.25, 0.3) is 0 Å². The molecule has 21 heavy (non-hydrogen) atoms. The summed E-state index contributed by atoms with van der Waals surface area (Å²) in [6.07, 6.45) is 0. The molecule has 0 aromatic heterocycles. The molecule has 0 bridgehead atoms. The summed E-state index contributed by atoms with van der Waals surface area (Å²) in [4.78, 5) is 14.1. The van der Waals surface area contributed by atoms with Gasteiger partial charge < -0.3 is 15.4 Å². The predicted octanol–water partition coefficient (Wildman–Crippen LogP) is 2.67. The zero-order valence-electron chi connectivity index (χ0n) is 12.5. The zero-order valence-corrected chi connectivity index (χ0v) is 12.5. The Labute approximate surface area is 125 Å². The lowest BCUT2D eigenvalue weighted by Crippen LogP contribution is -2.36. The Morgan fingerprint density at radius 3 is 2.38 bits per heavy atom. The van der Waals surface area contributed by atoms with E-state index in [-0.39, 0.29) is 5.91 Å². The summed E-state index contributed by atoms with van der Waals surface area (Å²) >= 11 is 0. The smallest absolute Gasteiger partial charge is 0.248 e. The number of hydrogen-bond acceptors (Lipinski definition) is 3. The number of carbonyl (C=O) groups excluding carboxylic acids is 1. The highest BCUT2D eigenvalue weighted by Gasteiger charge is 2.22. The number of ether oxygens (including phenoxy) is 1. The van der Waals surface area contributed by atoms with E-state index in [4.69, 9.17) is 10.5 Å². The minimum atomic E-state index is -0.694. The molecule has 0 saturated heterocycles. The summed E-state index contributed by atoms with van der Waals surface area (Å²) in [5.41, 5.74) is 8.72. The molecule has 0 radical (unpaired) electrons. The van der Waals surface area contributed by atoms with Crippen LogP contribution in [-0.2, 0) is 4.79 Å². The van der Waals surface area contributed by atoms with Crippen LogP contribution < -0.4 is 15.4 Å². The topological polar surface area (TPSA) is 55.6 Å². The molecule has 110 valence electrons. The first-order valence-electron chi connectivity index (χ1n) is 6.77. The van der Waals surface area contributed by atoms with Gasteiger partial charge in [0.1, 0.15) is 11.8 Å². The van der Waals surface area contributed by atoms with Gasteiger partial charge in [-0.05, 0) is 24.6 Å². The van der Waals surface area contributed by atoms with Crippen molar-refractivity contribution in [3.63, 3.8) is 0 Å². The van der Waals surface area contributed by atoms with Gasteiger partial charge in [-0.1, -0.05) is 42.0 Å². The number of rotatable bonds is 4. The summed E-state index contributed by atoms with van der Waals surface area (Å²) in [6, 6.07) is 14.3. The lowest BCUT2D eigenvalue weighted by molar-refractivity contribution is -0.119. The predicted molar refractivity (Wildman–Crippen MR) is 84.5 cm³/mol. The van der Waals surface area contributed by atoms with Crippen LogP contribution in [0.15, 0.2) is 48.5 Å². The molecule has 1 unspecified atom stereocenters. The van der Waals surface area contributed by atoms with Gasteiger partial charge in [-0.3, -0.25) is 4.79 Å². The average molecular weight is 284 g/mol. The number of hydrogen-bond donors (Lipinski definition) is 1. The first-order chi connectivity index (χ1) is 10.0. The van der Waals surface area contributed by atoms with E-state index in [1.165, 1.54) is 4.90 Å². The molecule has 0 heterocycles. The third-order valence-electron chi connectivity index (χ3n) is 3.48. The van der Waals surface area contributed by atoms with Gasteiger partial charge in [0.05, 0.1) is 12.8 Å². The van der Waals surface area contributed by atoms with Gasteiger partial charge in [0, 0.05) is 7.05 Å². The van der Waals surface area contributed by atoms with Crippen LogP contribution in [-0.4, -0.2) is 20.1 Å². The van der Waals surface area contributed by atoms with Gasteiger partial charge in [0.2, 0.25) is 5.91 Å². The maximum absolute atomic E-state index is 12.5. The average Bonchev–Trinajstić information content (AvgIpc) is 2.53. The number of likely N-dealkylation sites (N-methyl/N-ethyl adjacent to an activating group) is 1. The Kier molecular flexibility index (Phi) is 4.60. The van der Waals surface area contributed by atoms with Crippen LogP contribution in [0.25, 0.3) is 0 Å². The van der Waals surface area contributed by atoms with Crippen molar-refractivity contribution in [3.05, 3.63) is 59.7 Å². The van der Waals surface area contributed by atoms with E-state index < -0.39 is 6.04 Å². The van der Waals surface area contributed by atoms with Crippen LogP contribution >= 0.6 is 0 Å². The molecule has 4 heteroatoms. The number of methoxy groups -OCH3 is 1. The molecule has 2 rings (SSSR count). The van der Waals surface area contributed by atoms with Crippen LogP contribution in [0.5, 0.6) is 5.75 Å². The van der Waals surface area contributed by atoms with Crippen LogP contribution in [0, 0.1) is 6.92 Å². The number of anilines is 1. The number of amides is 1. The molecule has 4 nitrogen and oxygen atoms in total. The second-order valence-corrected chi connectivity index (χ2v) is 4.96. The molecule has 0 aliphatic carbocycles. The highest BCUT2D eigenvalue weighted by molar-refractivity contribution is 5.98. The van der Waals surface area contributed by atoms with E-state index in [9.17, 15) is 4.79 Å². The van der Waals surface area contributed by atoms with Crippen molar-refractivity contribution in [2.24, 2.45) is 5.73 Å². The van der Waals surface area contributed by atoms with Crippen LogP contribution in [0.3, 0.4) is 0 Å². The lowest BCUT2D eigenvalue weighted by atomic mass is 10.0. The van der Waals surface area contributed by atoms with Crippen molar-refractivity contribution in [2.75, 3.05) is 19.1 Å². The summed E-state index contributed by atoms with van der Waals surface area (Å²) in [7, 11) is 3.28. The molecule has 1 atom stereocenters. The third kappa shape index (κ3) is 3.23. The Morgan fingerprint density at radius 2 is 1.76 bits per heavy atom. The van der Waals surface area contributed by atoms with E-state index >= 15 is 0 Å². The molecule has 2 N–H and O–H groups in total. The normalized spacial score (nSPS) is 11.8. The summed E-state index contributed by atoms with van der Waals surface area (Å²) < 4.78 is 5.28. The fraction of sp³-hybridized carbons (Fsp3) is 0.235. The largest absolute Gasteiger partial charge is 0.495 e. The number of benzene rings is 2. The van der Waals surface area contributed by atoms with Crippen molar-refractivity contribution in [3.8, 4) is 5.75 Å². The van der Waals surface area contributed by atoms with E-state index in [0.717, 1.165) is 11.1 Å². The molecular weight excluding hydrogens is 264 g/mol. The molecule has 0 saturated carbocycles. The van der Waals surface area contributed by atoms with Crippen molar-refractivity contribution < 1.29 is 9.53 Å². The molecule has 0 spiro atoms. The van der Waals surface area contributed by atoms with Crippen molar-refractivity contribution in [2.45, 2.75) is 13.0 Å². The van der Waals surface area contributed by atoms with Gasteiger partial charge in [0.15, 0.2) is 0 Å². The number of carbonyl (C=O) groups is 1. The minimum absolute atomic E-state index is 0.177. The van der Waals surface area contributed by atoms with E-state index in [0.29, 0.717) is 11.4 Å². The molecule has 2 aromatic carbocycles. The van der Waals surface area contributed by atoms with Gasteiger partial charge in [-0.25, -0.2) is 0 Å². The monoisotopic (exact) mass is 284 g/mol. The van der Waals surface area contributed by atoms with Crippen LogP contribution in [0.4, 0.5) is 5.69 Å². The Balaban J connectivity index is 2.24. The maximum atomic E-state index is 12.5. The second-order valence-electron chi connectivity index (χ2n) is 4.96. The zero-order chi connectivity index (χ0) is 15.4.